The molecular weight excluding hydrogens is 322 g/mol. The molecule has 118 valence electrons. The maximum absolute atomic E-state index is 11.9. The molecule has 2 heterocycles. The van der Waals surface area contributed by atoms with E-state index in [2.05, 4.69) is 20.8 Å². The van der Waals surface area contributed by atoms with E-state index < -0.39 is 11.3 Å². The number of nitrogens with one attached hydrogen (secondary N) is 2. The van der Waals surface area contributed by atoms with Crippen molar-refractivity contribution < 1.29 is 9.59 Å². The molecule has 0 aliphatic carbocycles. The zero-order valence-electron chi connectivity index (χ0n) is 12.5. The van der Waals surface area contributed by atoms with Gasteiger partial charge in [-0.2, -0.15) is 0 Å². The minimum atomic E-state index is -0.520. The number of thioether (sulfide) groups is 1. The summed E-state index contributed by atoms with van der Waals surface area (Å²) in [5.74, 6) is 0.423. The third kappa shape index (κ3) is 3.66. The van der Waals surface area contributed by atoms with E-state index in [0.29, 0.717) is 11.7 Å². The molecule has 0 saturated heterocycles. The Morgan fingerprint density at radius 1 is 1.45 bits per heavy atom. The van der Waals surface area contributed by atoms with E-state index >= 15 is 0 Å². The topological polar surface area (TPSA) is 88.9 Å². The van der Waals surface area contributed by atoms with Crippen molar-refractivity contribution in [2.45, 2.75) is 30.8 Å². The van der Waals surface area contributed by atoms with E-state index in [1.807, 2.05) is 29.0 Å². The van der Waals surface area contributed by atoms with Gasteiger partial charge in [0.05, 0.1) is 10.1 Å². The average molecular weight is 339 g/mol. The SMILES string of the molecule is CCn1c(SC(C)C(=O)NC(=O)NC)nnc1-c1cccs1. The maximum atomic E-state index is 11.9. The molecule has 2 aromatic heterocycles. The van der Waals surface area contributed by atoms with Crippen LogP contribution in [0, 0.1) is 0 Å². The fourth-order valence-electron chi connectivity index (χ4n) is 1.74. The summed E-state index contributed by atoms with van der Waals surface area (Å²) in [4.78, 5) is 24.1. The first-order valence-corrected chi connectivity index (χ1v) is 8.49. The fraction of sp³-hybridized carbons (Fsp3) is 0.385. The van der Waals surface area contributed by atoms with Gasteiger partial charge in [-0.15, -0.1) is 21.5 Å². The molecule has 0 spiro atoms. The van der Waals surface area contributed by atoms with Crippen LogP contribution in [0.3, 0.4) is 0 Å². The summed E-state index contributed by atoms with van der Waals surface area (Å²) >= 11 is 2.87. The molecule has 1 atom stereocenters. The highest BCUT2D eigenvalue weighted by molar-refractivity contribution is 8.00. The number of aromatic nitrogens is 3. The van der Waals surface area contributed by atoms with Crippen LogP contribution < -0.4 is 10.6 Å². The number of hydrogen-bond acceptors (Lipinski definition) is 6. The Bertz CT molecular complexity index is 653. The molecule has 0 aliphatic rings. The molecule has 0 saturated carbocycles. The van der Waals surface area contributed by atoms with E-state index in [4.69, 9.17) is 0 Å². The van der Waals surface area contributed by atoms with Crippen molar-refractivity contribution in [2.24, 2.45) is 0 Å². The second kappa shape index (κ2) is 7.41. The summed E-state index contributed by atoms with van der Waals surface area (Å²) in [6, 6.07) is 3.42. The third-order valence-corrected chi connectivity index (χ3v) is 4.84. The summed E-state index contributed by atoms with van der Waals surface area (Å²) in [5.41, 5.74) is 0. The third-order valence-electron chi connectivity index (χ3n) is 2.89. The molecule has 9 heteroatoms. The molecule has 0 radical (unpaired) electrons. The maximum Gasteiger partial charge on any atom is 0.321 e. The first-order chi connectivity index (χ1) is 10.6. The van der Waals surface area contributed by atoms with Gasteiger partial charge in [-0.05, 0) is 25.3 Å². The fourth-order valence-corrected chi connectivity index (χ4v) is 3.37. The molecule has 1 unspecified atom stereocenters. The smallest absolute Gasteiger partial charge is 0.321 e. The lowest BCUT2D eigenvalue weighted by Gasteiger charge is -2.11. The standard InChI is InChI=1S/C13H17N5O2S2/c1-4-18-10(9-6-5-7-21-9)16-17-13(18)22-8(2)11(19)15-12(20)14-3/h5-8H,4H2,1-3H3,(H2,14,15,19,20). The van der Waals surface area contributed by atoms with E-state index in [1.54, 1.807) is 18.3 Å². The lowest BCUT2D eigenvalue weighted by Crippen LogP contribution is -2.41. The van der Waals surface area contributed by atoms with Crippen LogP contribution >= 0.6 is 23.1 Å². The summed E-state index contributed by atoms with van der Waals surface area (Å²) in [5, 5.41) is 15.2. The van der Waals surface area contributed by atoms with Gasteiger partial charge in [-0.3, -0.25) is 10.1 Å². The Morgan fingerprint density at radius 2 is 2.23 bits per heavy atom. The van der Waals surface area contributed by atoms with Gasteiger partial charge in [0.15, 0.2) is 11.0 Å². The van der Waals surface area contributed by atoms with Crippen molar-refractivity contribution in [1.82, 2.24) is 25.4 Å². The average Bonchev–Trinajstić information content (AvgIpc) is 3.15. The van der Waals surface area contributed by atoms with Crippen LogP contribution in [0.1, 0.15) is 13.8 Å². The molecule has 0 bridgehead atoms. The molecule has 2 N–H and O–H groups in total. The van der Waals surface area contributed by atoms with Gasteiger partial charge in [0.25, 0.3) is 0 Å². The molecule has 2 aromatic rings. The van der Waals surface area contributed by atoms with E-state index in [1.165, 1.54) is 18.8 Å². The van der Waals surface area contributed by atoms with E-state index in [9.17, 15) is 9.59 Å². The van der Waals surface area contributed by atoms with Crippen molar-refractivity contribution in [3.8, 4) is 10.7 Å². The van der Waals surface area contributed by atoms with Crippen LogP contribution in [0.4, 0.5) is 4.79 Å². The van der Waals surface area contributed by atoms with Crippen molar-refractivity contribution in [1.29, 1.82) is 0 Å². The van der Waals surface area contributed by atoms with Gasteiger partial charge in [0.1, 0.15) is 0 Å². The van der Waals surface area contributed by atoms with Crippen LogP contribution in [0.5, 0.6) is 0 Å². The lowest BCUT2D eigenvalue weighted by molar-refractivity contribution is -0.119. The summed E-state index contributed by atoms with van der Waals surface area (Å²) < 4.78 is 1.96. The van der Waals surface area contributed by atoms with Crippen molar-refractivity contribution in [3.63, 3.8) is 0 Å². The minimum Gasteiger partial charge on any atom is -0.341 e. The molecule has 3 amide bonds. The van der Waals surface area contributed by atoms with Gasteiger partial charge in [-0.25, -0.2) is 4.79 Å². The molecular formula is C13H17N5O2S2. The largest absolute Gasteiger partial charge is 0.341 e. The minimum absolute atomic E-state index is 0.368. The Kier molecular flexibility index (Phi) is 5.56. The number of carbonyl (C=O) groups is 2. The Balaban J connectivity index is 2.13. The Morgan fingerprint density at radius 3 is 2.82 bits per heavy atom. The van der Waals surface area contributed by atoms with E-state index in [0.717, 1.165) is 10.7 Å². The Labute approximate surface area is 136 Å². The van der Waals surface area contributed by atoms with Gasteiger partial charge in [-0.1, -0.05) is 17.8 Å². The number of nitrogens with zero attached hydrogens (tertiary/aromatic N) is 3. The van der Waals surface area contributed by atoms with Gasteiger partial charge >= 0.3 is 6.03 Å². The highest BCUT2D eigenvalue weighted by Crippen LogP contribution is 2.28. The predicted octanol–water partition coefficient (Wildman–Crippen LogP) is 1.96. The number of urea groups is 1. The van der Waals surface area contributed by atoms with Crippen LogP contribution in [-0.4, -0.2) is 39.0 Å². The zero-order valence-corrected chi connectivity index (χ0v) is 14.1. The first kappa shape index (κ1) is 16.5. The number of carbonyl (C=O) groups excluding carboxylic acids is 2. The van der Waals surface area contributed by atoms with Gasteiger partial charge < -0.3 is 9.88 Å². The summed E-state index contributed by atoms with van der Waals surface area (Å²) in [7, 11) is 1.46. The second-order valence-electron chi connectivity index (χ2n) is 4.36. The summed E-state index contributed by atoms with van der Waals surface area (Å²) in [6.07, 6.45) is 0. The summed E-state index contributed by atoms with van der Waals surface area (Å²) in [6.45, 7) is 4.43. The van der Waals surface area contributed by atoms with Crippen molar-refractivity contribution in [2.75, 3.05) is 7.05 Å². The van der Waals surface area contributed by atoms with Crippen molar-refractivity contribution in [3.05, 3.63) is 17.5 Å². The van der Waals surface area contributed by atoms with E-state index in [-0.39, 0.29) is 5.91 Å². The molecule has 2 rings (SSSR count). The number of thiophene rings is 1. The molecule has 7 nitrogen and oxygen atoms in total. The zero-order chi connectivity index (χ0) is 16.1. The molecule has 22 heavy (non-hydrogen) atoms. The monoisotopic (exact) mass is 339 g/mol. The van der Waals surface area contributed by atoms with Gasteiger partial charge in [0, 0.05) is 13.6 Å². The van der Waals surface area contributed by atoms with Crippen LogP contribution in [0.25, 0.3) is 10.7 Å². The number of amides is 3. The molecule has 0 aromatic carbocycles. The number of rotatable bonds is 5. The lowest BCUT2D eigenvalue weighted by atomic mass is 10.4. The normalized spacial score (nSPS) is 12.0. The van der Waals surface area contributed by atoms with Gasteiger partial charge in [0.2, 0.25) is 5.91 Å². The predicted molar refractivity (Wildman–Crippen MR) is 86.9 cm³/mol. The molecule has 0 fully saturated rings. The highest BCUT2D eigenvalue weighted by atomic mass is 32.2. The van der Waals surface area contributed by atoms with Crippen LogP contribution in [0.2, 0.25) is 0 Å². The van der Waals surface area contributed by atoms with Crippen LogP contribution in [-0.2, 0) is 11.3 Å². The van der Waals surface area contributed by atoms with Crippen LogP contribution in [0.15, 0.2) is 22.7 Å². The Hall–Kier alpha value is -1.87. The number of imide groups is 1. The number of hydrogen-bond donors (Lipinski definition) is 2. The van der Waals surface area contributed by atoms with Crippen molar-refractivity contribution >= 4 is 35.0 Å². The highest BCUT2D eigenvalue weighted by Gasteiger charge is 2.21. The second-order valence-corrected chi connectivity index (χ2v) is 6.61. The molecule has 0 aliphatic heterocycles. The first-order valence-electron chi connectivity index (χ1n) is 6.73. The quantitative estimate of drug-likeness (QED) is 0.813.